The zero-order valence-electron chi connectivity index (χ0n) is 17.2. The number of benzene rings is 1. The molecule has 1 heterocycles. The van der Waals surface area contributed by atoms with Crippen molar-refractivity contribution >= 4 is 0 Å². The predicted molar refractivity (Wildman–Crippen MR) is 112 cm³/mol. The number of aromatic nitrogens is 2. The van der Waals surface area contributed by atoms with Gasteiger partial charge in [-0.15, -0.1) is 0 Å². The average Bonchev–Trinajstić information content (AvgIpc) is 2.74. The molecule has 3 rings (SSSR count). The predicted octanol–water partition coefficient (Wildman–Crippen LogP) is 6.74. The zero-order valence-corrected chi connectivity index (χ0v) is 17.2. The molecule has 1 unspecified atom stereocenters. The Morgan fingerprint density at radius 1 is 1.18 bits per heavy atom. The summed E-state index contributed by atoms with van der Waals surface area (Å²) in [6.45, 7) is 5.00. The Morgan fingerprint density at radius 3 is 2.75 bits per heavy atom. The first-order chi connectivity index (χ1) is 13.7. The highest BCUT2D eigenvalue weighted by Gasteiger charge is 2.16. The zero-order chi connectivity index (χ0) is 19.8. The van der Waals surface area contributed by atoms with Crippen molar-refractivity contribution in [3.05, 3.63) is 48.4 Å². The fraction of sp³-hybridized carbons (Fsp3) is 0.542. The van der Waals surface area contributed by atoms with Gasteiger partial charge in [0.15, 0.2) is 17.4 Å². The summed E-state index contributed by atoms with van der Waals surface area (Å²) in [5.74, 6) is 1.46. The van der Waals surface area contributed by atoms with E-state index in [1.807, 2.05) is 12.1 Å². The molecule has 3 nitrogen and oxygen atoms in total. The van der Waals surface area contributed by atoms with Gasteiger partial charge in [0, 0.05) is 17.5 Å². The first-order valence-electron chi connectivity index (χ1n) is 10.7. The lowest BCUT2D eigenvalue weighted by atomic mass is 9.90. The molecule has 1 fully saturated rings. The SMILES string of the molecule is CCCCCC(C)c1ccnc(-c2ccc(OCC3CC[CH]CC3)c(F)c2)n1. The third-order valence-electron chi connectivity index (χ3n) is 5.65. The van der Waals surface area contributed by atoms with Crippen LogP contribution >= 0.6 is 0 Å². The van der Waals surface area contributed by atoms with Crippen LogP contribution in [0.5, 0.6) is 5.75 Å². The van der Waals surface area contributed by atoms with Gasteiger partial charge in [-0.2, -0.15) is 0 Å². The molecule has 0 amide bonds. The summed E-state index contributed by atoms with van der Waals surface area (Å²) < 4.78 is 20.3. The molecule has 0 saturated heterocycles. The van der Waals surface area contributed by atoms with Crippen LogP contribution in [0.1, 0.15) is 76.8 Å². The molecule has 1 aromatic carbocycles. The quantitative estimate of drug-likeness (QED) is 0.450. The minimum Gasteiger partial charge on any atom is -0.490 e. The number of nitrogens with zero attached hydrogens (tertiary/aromatic N) is 2. The molecule has 1 aliphatic carbocycles. The molecule has 151 valence electrons. The molecule has 0 spiro atoms. The molecule has 4 heteroatoms. The van der Waals surface area contributed by atoms with Gasteiger partial charge in [0.25, 0.3) is 0 Å². The number of hydrogen-bond donors (Lipinski definition) is 0. The van der Waals surface area contributed by atoms with E-state index in [1.54, 1.807) is 12.3 Å². The monoisotopic (exact) mass is 383 g/mol. The lowest BCUT2D eigenvalue weighted by Gasteiger charge is -2.21. The van der Waals surface area contributed by atoms with Crippen LogP contribution in [0.25, 0.3) is 11.4 Å². The van der Waals surface area contributed by atoms with Crippen LogP contribution in [0.3, 0.4) is 0 Å². The van der Waals surface area contributed by atoms with E-state index in [0.717, 1.165) is 37.8 Å². The molecule has 2 aromatic rings. The second-order valence-corrected chi connectivity index (χ2v) is 7.97. The van der Waals surface area contributed by atoms with Crippen molar-refractivity contribution in [3.8, 4) is 17.1 Å². The van der Waals surface area contributed by atoms with Crippen LogP contribution in [-0.4, -0.2) is 16.6 Å². The Labute approximate surface area is 168 Å². The van der Waals surface area contributed by atoms with Crippen molar-refractivity contribution in [2.45, 2.75) is 71.1 Å². The number of rotatable bonds is 9. The molecule has 0 bridgehead atoms. The van der Waals surface area contributed by atoms with Crippen molar-refractivity contribution in [1.82, 2.24) is 9.97 Å². The number of halogens is 1. The summed E-state index contributed by atoms with van der Waals surface area (Å²) in [7, 11) is 0. The molecule has 28 heavy (non-hydrogen) atoms. The minimum atomic E-state index is -0.343. The van der Waals surface area contributed by atoms with Crippen LogP contribution in [0, 0.1) is 18.2 Å². The summed E-state index contributed by atoms with van der Waals surface area (Å²) in [6, 6.07) is 7.02. The van der Waals surface area contributed by atoms with Crippen molar-refractivity contribution in [2.75, 3.05) is 6.61 Å². The standard InChI is InChI=1S/C24H32FN2O/c1-3-4-6-9-18(2)22-14-15-26-24(27-22)20-12-13-23(21(25)16-20)28-17-19-10-7-5-8-11-19/h5,12-16,18-19H,3-4,6-11,17H2,1-2H3. The maximum absolute atomic E-state index is 14.6. The van der Waals surface area contributed by atoms with Crippen molar-refractivity contribution in [3.63, 3.8) is 0 Å². The Hall–Kier alpha value is -1.97. The second-order valence-electron chi connectivity index (χ2n) is 7.97. The number of ether oxygens (including phenoxy) is 1. The molecule has 1 aromatic heterocycles. The van der Waals surface area contributed by atoms with Crippen LogP contribution in [-0.2, 0) is 0 Å². The second kappa shape index (κ2) is 10.5. The first kappa shape index (κ1) is 20.8. The maximum Gasteiger partial charge on any atom is 0.165 e. The van der Waals surface area contributed by atoms with Gasteiger partial charge in [0.2, 0.25) is 0 Å². The van der Waals surface area contributed by atoms with Gasteiger partial charge in [-0.3, -0.25) is 0 Å². The van der Waals surface area contributed by atoms with Crippen molar-refractivity contribution in [1.29, 1.82) is 0 Å². The van der Waals surface area contributed by atoms with Crippen LogP contribution < -0.4 is 4.74 Å². The Kier molecular flexibility index (Phi) is 7.81. The normalized spacial score (nSPS) is 16.1. The number of unbranched alkanes of at least 4 members (excludes halogenated alkanes) is 2. The summed E-state index contributed by atoms with van der Waals surface area (Å²) in [5.41, 5.74) is 1.72. The van der Waals surface area contributed by atoms with E-state index < -0.39 is 0 Å². The van der Waals surface area contributed by atoms with Gasteiger partial charge < -0.3 is 4.74 Å². The molecule has 1 radical (unpaired) electrons. The van der Waals surface area contributed by atoms with Crippen molar-refractivity contribution < 1.29 is 9.13 Å². The third-order valence-corrected chi connectivity index (χ3v) is 5.65. The van der Waals surface area contributed by atoms with Crippen molar-refractivity contribution in [2.24, 2.45) is 5.92 Å². The van der Waals surface area contributed by atoms with Crippen LogP contribution in [0.4, 0.5) is 4.39 Å². The van der Waals surface area contributed by atoms with E-state index in [1.165, 1.54) is 25.3 Å². The highest BCUT2D eigenvalue weighted by molar-refractivity contribution is 5.56. The topological polar surface area (TPSA) is 35.0 Å². The third kappa shape index (κ3) is 5.76. The number of hydrogen-bond acceptors (Lipinski definition) is 3. The Morgan fingerprint density at radius 2 is 2.00 bits per heavy atom. The Balaban J connectivity index is 1.65. The Bertz CT molecular complexity index is 743. The molecule has 0 N–H and O–H groups in total. The van der Waals surface area contributed by atoms with Crippen LogP contribution in [0.2, 0.25) is 0 Å². The van der Waals surface area contributed by atoms with E-state index in [9.17, 15) is 4.39 Å². The van der Waals surface area contributed by atoms with E-state index in [-0.39, 0.29) is 5.82 Å². The largest absolute Gasteiger partial charge is 0.490 e. The lowest BCUT2D eigenvalue weighted by Crippen LogP contribution is -2.15. The molecule has 0 aliphatic heterocycles. The summed E-state index contributed by atoms with van der Waals surface area (Å²) in [5, 5.41) is 0. The lowest BCUT2D eigenvalue weighted by molar-refractivity contribution is 0.213. The maximum atomic E-state index is 14.6. The smallest absolute Gasteiger partial charge is 0.165 e. The highest BCUT2D eigenvalue weighted by atomic mass is 19.1. The fourth-order valence-corrected chi connectivity index (χ4v) is 3.76. The fourth-order valence-electron chi connectivity index (χ4n) is 3.76. The average molecular weight is 384 g/mol. The molecular weight excluding hydrogens is 351 g/mol. The van der Waals surface area contributed by atoms with E-state index in [4.69, 9.17) is 4.74 Å². The molecule has 1 saturated carbocycles. The molecule has 1 aliphatic rings. The summed E-state index contributed by atoms with van der Waals surface area (Å²) >= 11 is 0. The van der Waals surface area contributed by atoms with Gasteiger partial charge in [-0.25, -0.2) is 14.4 Å². The van der Waals surface area contributed by atoms with Crippen LogP contribution in [0.15, 0.2) is 30.5 Å². The van der Waals surface area contributed by atoms with Gasteiger partial charge in [-0.05, 0) is 74.6 Å². The van der Waals surface area contributed by atoms with Gasteiger partial charge in [0.1, 0.15) is 0 Å². The minimum absolute atomic E-state index is 0.322. The molecule has 1 atom stereocenters. The molecular formula is C24H32FN2O. The van der Waals surface area contributed by atoms with Gasteiger partial charge >= 0.3 is 0 Å². The van der Waals surface area contributed by atoms with Gasteiger partial charge in [-0.1, -0.05) is 33.1 Å². The highest BCUT2D eigenvalue weighted by Crippen LogP contribution is 2.28. The van der Waals surface area contributed by atoms with E-state index in [2.05, 4.69) is 30.2 Å². The first-order valence-corrected chi connectivity index (χ1v) is 10.7. The van der Waals surface area contributed by atoms with E-state index in [0.29, 0.717) is 35.6 Å². The van der Waals surface area contributed by atoms with Gasteiger partial charge in [0.05, 0.1) is 6.61 Å². The summed E-state index contributed by atoms with van der Waals surface area (Å²) in [6.07, 6.45) is 13.4. The summed E-state index contributed by atoms with van der Waals surface area (Å²) in [4.78, 5) is 9.05. The van der Waals surface area contributed by atoms with E-state index >= 15 is 0 Å².